The molecule has 0 saturated carbocycles. The van der Waals surface area contributed by atoms with Gasteiger partial charge in [-0.3, -0.25) is 4.99 Å². The van der Waals surface area contributed by atoms with E-state index >= 15 is 8.78 Å². The molecule has 0 spiro atoms. The Hall–Kier alpha value is -2.12. The average molecular weight is 415 g/mol. The molecule has 2 aromatic carbocycles. The van der Waals surface area contributed by atoms with Crippen molar-refractivity contribution in [2.75, 3.05) is 6.61 Å². The van der Waals surface area contributed by atoms with Crippen LogP contribution < -0.4 is 5.73 Å². The molecule has 8 heteroatoms. The van der Waals surface area contributed by atoms with Gasteiger partial charge in [-0.1, -0.05) is 23.7 Å². The van der Waals surface area contributed by atoms with Crippen LogP contribution in [0.15, 0.2) is 41.4 Å². The summed E-state index contributed by atoms with van der Waals surface area (Å²) in [5, 5.41) is -0.384. The summed E-state index contributed by atoms with van der Waals surface area (Å²) >= 11 is 6.01. The highest BCUT2D eigenvalue weighted by molar-refractivity contribution is 6.31. The van der Waals surface area contributed by atoms with Gasteiger partial charge < -0.3 is 10.5 Å². The number of halogens is 5. The van der Waals surface area contributed by atoms with Crippen LogP contribution in [-0.4, -0.2) is 24.0 Å². The molecule has 3 nitrogen and oxygen atoms in total. The van der Waals surface area contributed by atoms with Crippen molar-refractivity contribution >= 4 is 17.4 Å². The predicted octanol–water partition coefficient (Wildman–Crippen LogP) is 5.30. The SMILES string of the molecule is CC1(C)OCC(N)=N[C@](C)(c2cc(-c3cccc(F)c3)cc(Cl)c2F)C1(F)F. The van der Waals surface area contributed by atoms with Gasteiger partial charge in [-0.2, -0.15) is 0 Å². The summed E-state index contributed by atoms with van der Waals surface area (Å²) in [5.41, 5.74) is 1.53. The number of ether oxygens (including phenoxy) is 1. The van der Waals surface area contributed by atoms with Gasteiger partial charge in [0.2, 0.25) is 0 Å². The van der Waals surface area contributed by atoms with E-state index in [-0.39, 0.29) is 23.0 Å². The zero-order valence-electron chi connectivity index (χ0n) is 15.5. The maximum Gasteiger partial charge on any atom is 0.304 e. The molecular formula is C20H19ClF4N2O. The largest absolute Gasteiger partial charge is 0.385 e. The fourth-order valence-corrected chi connectivity index (χ4v) is 3.55. The molecule has 1 aliphatic rings. The van der Waals surface area contributed by atoms with E-state index in [9.17, 15) is 8.78 Å². The second-order valence-corrected chi connectivity index (χ2v) is 7.79. The van der Waals surface area contributed by atoms with Crippen LogP contribution in [0, 0.1) is 11.6 Å². The third-order valence-electron chi connectivity index (χ3n) is 5.03. The smallest absolute Gasteiger partial charge is 0.304 e. The number of alkyl halides is 2. The summed E-state index contributed by atoms with van der Waals surface area (Å²) in [7, 11) is 0. The first-order chi connectivity index (χ1) is 12.9. The Labute approximate surface area is 165 Å². The summed E-state index contributed by atoms with van der Waals surface area (Å²) < 4.78 is 64.8. The number of nitrogens with two attached hydrogens (primary N) is 1. The van der Waals surface area contributed by atoms with Gasteiger partial charge in [0, 0.05) is 5.56 Å². The minimum absolute atomic E-state index is 0.195. The first-order valence-corrected chi connectivity index (χ1v) is 8.88. The van der Waals surface area contributed by atoms with E-state index in [2.05, 4.69) is 4.99 Å². The normalized spacial score (nSPS) is 23.8. The first-order valence-electron chi connectivity index (χ1n) is 8.50. The molecule has 0 aliphatic carbocycles. The number of hydrogen-bond donors (Lipinski definition) is 1. The lowest BCUT2D eigenvalue weighted by Crippen LogP contribution is -2.56. The van der Waals surface area contributed by atoms with Crippen LogP contribution in [0.25, 0.3) is 11.1 Å². The maximum absolute atomic E-state index is 15.5. The first kappa shape index (κ1) is 20.6. The molecule has 1 heterocycles. The lowest BCUT2D eigenvalue weighted by molar-refractivity contribution is -0.214. The molecule has 1 atom stereocenters. The van der Waals surface area contributed by atoms with Crippen LogP contribution in [0.1, 0.15) is 26.3 Å². The van der Waals surface area contributed by atoms with Gasteiger partial charge in [0.15, 0.2) is 5.54 Å². The Bertz CT molecular complexity index is 961. The number of rotatable bonds is 2. The number of amidine groups is 1. The lowest BCUT2D eigenvalue weighted by Gasteiger charge is -2.42. The number of aliphatic imine (C=N–C) groups is 1. The third kappa shape index (κ3) is 3.16. The molecular weight excluding hydrogens is 396 g/mol. The van der Waals surface area contributed by atoms with E-state index in [1.807, 2.05) is 0 Å². The van der Waals surface area contributed by atoms with Crippen molar-refractivity contribution in [1.82, 2.24) is 0 Å². The number of nitrogens with zero attached hydrogens (tertiary/aromatic N) is 1. The fraction of sp³-hybridized carbons (Fsp3) is 0.350. The van der Waals surface area contributed by atoms with Crippen molar-refractivity contribution in [2.24, 2.45) is 10.7 Å². The Morgan fingerprint density at radius 1 is 1.07 bits per heavy atom. The number of hydrogen-bond acceptors (Lipinski definition) is 3. The minimum atomic E-state index is -3.65. The molecule has 0 amide bonds. The highest BCUT2D eigenvalue weighted by Crippen LogP contribution is 2.51. The van der Waals surface area contributed by atoms with Crippen LogP contribution in [0.5, 0.6) is 0 Å². The second-order valence-electron chi connectivity index (χ2n) is 7.38. The van der Waals surface area contributed by atoms with Crippen molar-refractivity contribution in [3.05, 3.63) is 58.6 Å². The van der Waals surface area contributed by atoms with Gasteiger partial charge in [0.25, 0.3) is 0 Å². The maximum atomic E-state index is 15.5. The minimum Gasteiger partial charge on any atom is -0.385 e. The lowest BCUT2D eigenvalue weighted by atomic mass is 9.77. The van der Waals surface area contributed by atoms with E-state index in [4.69, 9.17) is 22.1 Å². The van der Waals surface area contributed by atoms with Gasteiger partial charge in [0.05, 0.1) is 5.02 Å². The van der Waals surface area contributed by atoms with Crippen LogP contribution in [0.4, 0.5) is 17.6 Å². The van der Waals surface area contributed by atoms with Gasteiger partial charge in [-0.15, -0.1) is 0 Å². The molecule has 0 fully saturated rings. The van der Waals surface area contributed by atoms with E-state index in [1.54, 1.807) is 6.07 Å². The predicted molar refractivity (Wildman–Crippen MR) is 101 cm³/mol. The van der Waals surface area contributed by atoms with Crippen molar-refractivity contribution in [3.63, 3.8) is 0 Å². The number of benzene rings is 2. The Balaban J connectivity index is 2.30. The van der Waals surface area contributed by atoms with E-state index in [0.717, 1.165) is 6.92 Å². The Kier molecular flexibility index (Phi) is 4.96. The summed E-state index contributed by atoms with van der Waals surface area (Å²) in [6.07, 6.45) is 0. The van der Waals surface area contributed by atoms with Gasteiger partial charge >= 0.3 is 5.92 Å². The summed E-state index contributed by atoms with van der Waals surface area (Å²) in [4.78, 5) is 3.93. The molecule has 0 saturated heterocycles. The van der Waals surface area contributed by atoms with Crippen molar-refractivity contribution < 1.29 is 22.3 Å². The summed E-state index contributed by atoms with van der Waals surface area (Å²) in [5.74, 6) is -5.41. The van der Waals surface area contributed by atoms with E-state index < -0.39 is 34.3 Å². The standard InChI is InChI=1S/C20H19ClF4N2O/c1-18(2)20(24,25)19(3,27-16(26)10-28-18)14-8-12(9-15(21)17(14)23)11-5-4-6-13(22)7-11/h4-9H,10H2,1-3H3,(H2,26,27)/t19-/m1/s1. The zero-order chi connectivity index (χ0) is 20.9. The molecule has 2 aromatic rings. The monoisotopic (exact) mass is 414 g/mol. The van der Waals surface area contributed by atoms with E-state index in [1.165, 1.54) is 44.2 Å². The Morgan fingerprint density at radius 2 is 1.75 bits per heavy atom. The molecule has 0 unspecified atom stereocenters. The Morgan fingerprint density at radius 3 is 2.39 bits per heavy atom. The molecule has 3 rings (SSSR count). The van der Waals surface area contributed by atoms with Gasteiger partial charge in [-0.05, 0) is 56.2 Å². The fourth-order valence-electron chi connectivity index (χ4n) is 3.33. The van der Waals surface area contributed by atoms with Crippen LogP contribution in [0.2, 0.25) is 5.02 Å². The quantitative estimate of drug-likeness (QED) is 0.678. The third-order valence-corrected chi connectivity index (χ3v) is 5.30. The highest BCUT2D eigenvalue weighted by Gasteiger charge is 2.64. The van der Waals surface area contributed by atoms with Crippen LogP contribution >= 0.6 is 11.6 Å². The molecule has 1 aliphatic heterocycles. The van der Waals surface area contributed by atoms with E-state index in [0.29, 0.717) is 5.56 Å². The highest BCUT2D eigenvalue weighted by atomic mass is 35.5. The van der Waals surface area contributed by atoms with Gasteiger partial charge in [-0.25, -0.2) is 17.6 Å². The molecule has 0 radical (unpaired) electrons. The molecule has 2 N–H and O–H groups in total. The summed E-state index contributed by atoms with van der Waals surface area (Å²) in [6.45, 7) is 3.14. The van der Waals surface area contributed by atoms with Crippen molar-refractivity contribution in [3.8, 4) is 11.1 Å². The summed E-state index contributed by atoms with van der Waals surface area (Å²) in [6, 6.07) is 7.91. The van der Waals surface area contributed by atoms with Crippen molar-refractivity contribution in [2.45, 2.75) is 37.8 Å². The molecule has 0 aromatic heterocycles. The van der Waals surface area contributed by atoms with Crippen LogP contribution in [-0.2, 0) is 10.3 Å². The molecule has 28 heavy (non-hydrogen) atoms. The average Bonchev–Trinajstić information content (AvgIpc) is 2.66. The molecule has 150 valence electrons. The zero-order valence-corrected chi connectivity index (χ0v) is 16.2. The van der Waals surface area contributed by atoms with Crippen LogP contribution in [0.3, 0.4) is 0 Å². The molecule has 0 bridgehead atoms. The van der Waals surface area contributed by atoms with Crippen molar-refractivity contribution in [1.29, 1.82) is 0 Å². The van der Waals surface area contributed by atoms with Gasteiger partial charge in [0.1, 0.15) is 29.7 Å². The topological polar surface area (TPSA) is 47.6 Å². The second kappa shape index (κ2) is 6.74.